The van der Waals surface area contributed by atoms with Crippen molar-refractivity contribution in [3.05, 3.63) is 28.5 Å². The number of hydrogen-bond acceptors (Lipinski definition) is 3. The van der Waals surface area contributed by atoms with Gasteiger partial charge in [0.2, 0.25) is 0 Å². The van der Waals surface area contributed by atoms with Gasteiger partial charge in [-0.25, -0.2) is 4.39 Å². The standard InChI is InChI=1S/C14H16BrFN2S/c15-11-7-10(16)5-6-13(11)18-14-17-12-4-2-1-3-9(12)8-19-14/h5-7,9,12H,1-4,8H2,(H,17,18). The first-order chi connectivity index (χ1) is 9.22. The Kier molecular flexibility index (Phi) is 4.12. The van der Waals surface area contributed by atoms with E-state index in [2.05, 4.69) is 21.2 Å². The molecule has 3 rings (SSSR count). The summed E-state index contributed by atoms with van der Waals surface area (Å²) in [5, 5.41) is 4.28. The van der Waals surface area contributed by atoms with Crippen molar-refractivity contribution in [1.29, 1.82) is 0 Å². The summed E-state index contributed by atoms with van der Waals surface area (Å²) in [6, 6.07) is 5.16. The molecule has 0 amide bonds. The lowest BCUT2D eigenvalue weighted by Gasteiger charge is -2.32. The van der Waals surface area contributed by atoms with Crippen molar-refractivity contribution in [2.24, 2.45) is 10.9 Å². The summed E-state index contributed by atoms with van der Waals surface area (Å²) in [7, 11) is 0. The van der Waals surface area contributed by atoms with Gasteiger partial charge in [-0.15, -0.1) is 0 Å². The van der Waals surface area contributed by atoms with E-state index in [1.807, 2.05) is 0 Å². The Labute approximate surface area is 125 Å². The minimum atomic E-state index is -0.233. The van der Waals surface area contributed by atoms with E-state index in [9.17, 15) is 4.39 Å². The number of nitrogens with one attached hydrogen (secondary N) is 1. The molecule has 2 atom stereocenters. The van der Waals surface area contributed by atoms with Gasteiger partial charge in [-0.3, -0.25) is 4.99 Å². The maximum Gasteiger partial charge on any atom is 0.161 e. The molecule has 1 heterocycles. The number of fused-ring (bicyclic) bond motifs is 1. The van der Waals surface area contributed by atoms with Crippen molar-refractivity contribution in [1.82, 2.24) is 0 Å². The lowest BCUT2D eigenvalue weighted by molar-refractivity contribution is 0.336. The highest BCUT2D eigenvalue weighted by Crippen LogP contribution is 2.35. The molecule has 19 heavy (non-hydrogen) atoms. The second-order valence-corrected chi connectivity index (χ2v) is 6.97. The van der Waals surface area contributed by atoms with Crippen LogP contribution in [0.3, 0.4) is 0 Å². The van der Waals surface area contributed by atoms with Gasteiger partial charge in [-0.2, -0.15) is 0 Å². The smallest absolute Gasteiger partial charge is 0.161 e. The number of rotatable bonds is 1. The van der Waals surface area contributed by atoms with Crippen LogP contribution in [0.4, 0.5) is 10.1 Å². The maximum atomic E-state index is 13.1. The molecular formula is C14H16BrFN2S. The fourth-order valence-corrected chi connectivity index (χ4v) is 4.30. The van der Waals surface area contributed by atoms with Gasteiger partial charge >= 0.3 is 0 Å². The number of benzene rings is 1. The van der Waals surface area contributed by atoms with Crippen LogP contribution in [0.15, 0.2) is 27.7 Å². The van der Waals surface area contributed by atoms with Crippen molar-refractivity contribution in [2.75, 3.05) is 11.1 Å². The van der Waals surface area contributed by atoms with Gasteiger partial charge in [0, 0.05) is 10.2 Å². The third-order valence-corrected chi connectivity index (χ3v) is 5.49. The van der Waals surface area contributed by atoms with Crippen molar-refractivity contribution >= 4 is 38.5 Å². The van der Waals surface area contributed by atoms with Gasteiger partial charge in [-0.05, 0) is 52.9 Å². The first-order valence-electron chi connectivity index (χ1n) is 6.65. The molecule has 1 saturated carbocycles. The first kappa shape index (κ1) is 13.4. The van der Waals surface area contributed by atoms with Crippen LogP contribution < -0.4 is 5.32 Å². The molecule has 2 nitrogen and oxygen atoms in total. The number of nitrogens with zero attached hydrogens (tertiary/aromatic N) is 1. The number of thioether (sulfide) groups is 1. The molecular weight excluding hydrogens is 327 g/mol. The average molecular weight is 343 g/mol. The third kappa shape index (κ3) is 3.14. The van der Waals surface area contributed by atoms with Gasteiger partial charge < -0.3 is 5.32 Å². The summed E-state index contributed by atoms with van der Waals surface area (Å²) in [4.78, 5) is 4.82. The fraction of sp³-hybridized carbons (Fsp3) is 0.500. The van der Waals surface area contributed by atoms with E-state index in [4.69, 9.17) is 4.99 Å². The van der Waals surface area contributed by atoms with Crippen LogP contribution in [-0.4, -0.2) is 17.0 Å². The molecule has 2 unspecified atom stereocenters. The van der Waals surface area contributed by atoms with Crippen LogP contribution in [0.5, 0.6) is 0 Å². The molecule has 0 aromatic heterocycles. The Morgan fingerprint density at radius 2 is 2.16 bits per heavy atom. The van der Waals surface area contributed by atoms with Crippen LogP contribution in [0, 0.1) is 11.7 Å². The van der Waals surface area contributed by atoms with Crippen molar-refractivity contribution in [2.45, 2.75) is 31.7 Å². The highest BCUT2D eigenvalue weighted by atomic mass is 79.9. The van der Waals surface area contributed by atoms with Gasteiger partial charge in [0.25, 0.3) is 0 Å². The highest BCUT2D eigenvalue weighted by Gasteiger charge is 2.29. The highest BCUT2D eigenvalue weighted by molar-refractivity contribution is 9.10. The van der Waals surface area contributed by atoms with E-state index < -0.39 is 0 Å². The van der Waals surface area contributed by atoms with Crippen molar-refractivity contribution in [3.8, 4) is 0 Å². The van der Waals surface area contributed by atoms with E-state index in [0.29, 0.717) is 6.04 Å². The van der Waals surface area contributed by atoms with E-state index in [1.165, 1.54) is 37.8 Å². The van der Waals surface area contributed by atoms with E-state index >= 15 is 0 Å². The molecule has 1 N–H and O–H groups in total. The Balaban J connectivity index is 1.74. The van der Waals surface area contributed by atoms with Crippen LogP contribution in [0.2, 0.25) is 0 Å². The number of halogens is 2. The molecule has 1 aromatic carbocycles. The number of aliphatic imine (C=N–C) groups is 1. The molecule has 1 aliphatic heterocycles. The lowest BCUT2D eigenvalue weighted by atomic mass is 9.86. The molecule has 1 aliphatic carbocycles. The van der Waals surface area contributed by atoms with Crippen LogP contribution in [-0.2, 0) is 0 Å². The first-order valence-corrected chi connectivity index (χ1v) is 8.43. The second-order valence-electron chi connectivity index (χ2n) is 5.11. The second kappa shape index (κ2) is 5.83. The summed E-state index contributed by atoms with van der Waals surface area (Å²) < 4.78 is 13.8. The predicted molar refractivity (Wildman–Crippen MR) is 83.4 cm³/mol. The zero-order valence-corrected chi connectivity index (χ0v) is 12.9. The van der Waals surface area contributed by atoms with Gasteiger partial charge in [0.05, 0.1) is 11.7 Å². The SMILES string of the molecule is Fc1ccc(NC2=NC3CCCCC3CS2)c(Br)c1. The summed E-state index contributed by atoms with van der Waals surface area (Å²) >= 11 is 5.16. The molecule has 102 valence electrons. The van der Waals surface area contributed by atoms with Crippen LogP contribution in [0.25, 0.3) is 0 Å². The predicted octanol–water partition coefficient (Wildman–Crippen LogP) is 4.66. The molecule has 0 spiro atoms. The third-order valence-electron chi connectivity index (χ3n) is 3.76. The van der Waals surface area contributed by atoms with Gasteiger partial charge in [-0.1, -0.05) is 24.6 Å². The minimum absolute atomic E-state index is 0.233. The van der Waals surface area contributed by atoms with Crippen molar-refractivity contribution < 1.29 is 4.39 Å². The fourth-order valence-electron chi connectivity index (χ4n) is 2.70. The van der Waals surface area contributed by atoms with E-state index in [1.54, 1.807) is 17.8 Å². The van der Waals surface area contributed by atoms with E-state index in [0.717, 1.165) is 27.0 Å². The molecule has 0 saturated heterocycles. The van der Waals surface area contributed by atoms with Crippen LogP contribution >= 0.6 is 27.7 Å². The van der Waals surface area contributed by atoms with Crippen LogP contribution in [0.1, 0.15) is 25.7 Å². The Morgan fingerprint density at radius 3 is 3.00 bits per heavy atom. The quantitative estimate of drug-likeness (QED) is 0.802. The number of hydrogen-bond donors (Lipinski definition) is 1. The Bertz CT molecular complexity index is 506. The average Bonchev–Trinajstić information content (AvgIpc) is 2.42. The monoisotopic (exact) mass is 342 g/mol. The van der Waals surface area contributed by atoms with Gasteiger partial charge in [0.15, 0.2) is 5.17 Å². The maximum absolute atomic E-state index is 13.1. The number of amidine groups is 1. The largest absolute Gasteiger partial charge is 0.334 e. The minimum Gasteiger partial charge on any atom is -0.334 e. The number of anilines is 1. The zero-order chi connectivity index (χ0) is 13.2. The molecule has 0 bridgehead atoms. The van der Waals surface area contributed by atoms with E-state index in [-0.39, 0.29) is 5.82 Å². The zero-order valence-electron chi connectivity index (χ0n) is 10.5. The summed E-state index contributed by atoms with van der Waals surface area (Å²) in [6.45, 7) is 0. The molecule has 5 heteroatoms. The normalized spacial score (nSPS) is 26.5. The summed E-state index contributed by atoms with van der Waals surface area (Å²) in [6.07, 6.45) is 5.17. The van der Waals surface area contributed by atoms with Gasteiger partial charge in [0.1, 0.15) is 5.82 Å². The molecule has 2 aliphatic rings. The Hall–Kier alpha value is -0.550. The molecule has 0 radical (unpaired) electrons. The topological polar surface area (TPSA) is 24.4 Å². The Morgan fingerprint density at radius 1 is 1.32 bits per heavy atom. The lowest BCUT2D eigenvalue weighted by Crippen LogP contribution is -2.31. The summed E-state index contributed by atoms with van der Waals surface area (Å²) in [5.74, 6) is 1.67. The molecule has 1 fully saturated rings. The molecule has 1 aromatic rings. The van der Waals surface area contributed by atoms with Crippen molar-refractivity contribution in [3.63, 3.8) is 0 Å². The summed E-state index contributed by atoms with van der Waals surface area (Å²) in [5.41, 5.74) is 0.877.